The third-order valence-corrected chi connectivity index (χ3v) is 4.36. The molecule has 0 N–H and O–H groups in total. The molecule has 128 valence electrons. The van der Waals surface area contributed by atoms with Gasteiger partial charge in [-0.1, -0.05) is 36.7 Å². The lowest BCUT2D eigenvalue weighted by Gasteiger charge is -2.24. The van der Waals surface area contributed by atoms with Crippen molar-refractivity contribution < 1.29 is 9.53 Å². The van der Waals surface area contributed by atoms with Gasteiger partial charge < -0.3 is 9.64 Å². The Morgan fingerprint density at radius 3 is 2.38 bits per heavy atom. The van der Waals surface area contributed by atoms with Gasteiger partial charge in [0.2, 0.25) is 0 Å². The maximum Gasteiger partial charge on any atom is 0.263 e. The number of ether oxygens (including phenoxy) is 1. The number of amides is 1. The number of benzene rings is 2. The molecule has 0 saturated carbocycles. The highest BCUT2D eigenvalue weighted by Gasteiger charge is 2.22. The van der Waals surface area contributed by atoms with E-state index < -0.39 is 6.10 Å². The lowest BCUT2D eigenvalue weighted by molar-refractivity contribution is -0.138. The van der Waals surface area contributed by atoms with Crippen molar-refractivity contribution >= 4 is 17.5 Å². The zero-order valence-corrected chi connectivity index (χ0v) is 15.4. The maximum atomic E-state index is 12.7. The Labute approximate surface area is 149 Å². The summed E-state index contributed by atoms with van der Waals surface area (Å²) in [7, 11) is 1.79. The summed E-state index contributed by atoms with van der Waals surface area (Å²) in [4.78, 5) is 14.4. The Hall–Kier alpha value is -2.00. The number of hydrogen-bond donors (Lipinski definition) is 0. The largest absolute Gasteiger partial charge is 0.481 e. The number of halogens is 1. The van der Waals surface area contributed by atoms with Crippen molar-refractivity contribution in [2.75, 3.05) is 7.05 Å². The van der Waals surface area contributed by atoms with E-state index in [1.807, 2.05) is 56.3 Å². The topological polar surface area (TPSA) is 29.5 Å². The van der Waals surface area contributed by atoms with Gasteiger partial charge in [-0.05, 0) is 61.2 Å². The molecule has 0 aliphatic carbocycles. The van der Waals surface area contributed by atoms with Crippen LogP contribution >= 0.6 is 11.6 Å². The molecular formula is C20H24ClNO2. The number of hydrogen-bond acceptors (Lipinski definition) is 2. The van der Waals surface area contributed by atoms with Gasteiger partial charge in [-0.3, -0.25) is 4.79 Å². The Bertz CT molecular complexity index is 697. The van der Waals surface area contributed by atoms with E-state index in [2.05, 4.69) is 6.92 Å². The maximum absolute atomic E-state index is 12.7. The molecule has 0 spiro atoms. The lowest BCUT2D eigenvalue weighted by Crippen LogP contribution is -2.39. The van der Waals surface area contributed by atoms with Gasteiger partial charge in [0.15, 0.2) is 6.10 Å². The van der Waals surface area contributed by atoms with Crippen molar-refractivity contribution in [1.82, 2.24) is 4.90 Å². The van der Waals surface area contributed by atoms with E-state index in [4.69, 9.17) is 16.3 Å². The van der Waals surface area contributed by atoms with Crippen LogP contribution in [0.2, 0.25) is 5.02 Å². The molecule has 4 heteroatoms. The van der Waals surface area contributed by atoms with Crippen LogP contribution < -0.4 is 4.74 Å². The minimum atomic E-state index is -0.482. The Balaban J connectivity index is 2.04. The third-order valence-electron chi connectivity index (χ3n) is 4.11. The van der Waals surface area contributed by atoms with Crippen LogP contribution in [-0.2, 0) is 11.3 Å². The second-order valence-electron chi connectivity index (χ2n) is 6.08. The Kier molecular flexibility index (Phi) is 6.27. The fourth-order valence-corrected chi connectivity index (χ4v) is 2.57. The molecule has 0 aromatic heterocycles. The zero-order chi connectivity index (χ0) is 17.7. The van der Waals surface area contributed by atoms with Crippen molar-refractivity contribution in [2.45, 2.75) is 39.8 Å². The van der Waals surface area contributed by atoms with Gasteiger partial charge in [0.1, 0.15) is 5.75 Å². The molecule has 0 bridgehead atoms. The second kappa shape index (κ2) is 8.20. The monoisotopic (exact) mass is 345 g/mol. The molecule has 0 aliphatic rings. The molecular weight excluding hydrogens is 322 g/mol. The minimum absolute atomic E-state index is 0.0225. The minimum Gasteiger partial charge on any atom is -0.481 e. The highest BCUT2D eigenvalue weighted by Crippen LogP contribution is 2.19. The van der Waals surface area contributed by atoms with Gasteiger partial charge in [-0.25, -0.2) is 0 Å². The molecule has 0 fully saturated rings. The quantitative estimate of drug-likeness (QED) is 0.754. The van der Waals surface area contributed by atoms with Gasteiger partial charge in [0, 0.05) is 18.6 Å². The van der Waals surface area contributed by atoms with Crippen LogP contribution in [0.3, 0.4) is 0 Å². The fraction of sp³-hybridized carbons (Fsp3) is 0.350. The Morgan fingerprint density at radius 2 is 1.79 bits per heavy atom. The van der Waals surface area contributed by atoms with E-state index in [0.29, 0.717) is 18.0 Å². The average molecular weight is 346 g/mol. The van der Waals surface area contributed by atoms with Crippen molar-refractivity contribution in [1.29, 1.82) is 0 Å². The first-order chi connectivity index (χ1) is 11.4. The van der Waals surface area contributed by atoms with Gasteiger partial charge in [-0.15, -0.1) is 0 Å². The fourth-order valence-electron chi connectivity index (χ4n) is 2.45. The van der Waals surface area contributed by atoms with E-state index in [0.717, 1.165) is 16.9 Å². The molecule has 0 unspecified atom stereocenters. The summed E-state index contributed by atoms with van der Waals surface area (Å²) < 4.78 is 5.93. The molecule has 24 heavy (non-hydrogen) atoms. The number of carbonyl (C=O) groups excluding carboxylic acids is 1. The van der Waals surface area contributed by atoms with Crippen molar-refractivity contribution in [3.63, 3.8) is 0 Å². The van der Waals surface area contributed by atoms with Crippen molar-refractivity contribution in [3.05, 3.63) is 64.2 Å². The molecule has 0 radical (unpaired) electrons. The molecule has 0 saturated heterocycles. The summed E-state index contributed by atoms with van der Waals surface area (Å²) >= 11 is 5.90. The van der Waals surface area contributed by atoms with E-state index in [9.17, 15) is 4.79 Å². The molecule has 1 atom stereocenters. The zero-order valence-electron chi connectivity index (χ0n) is 14.7. The van der Waals surface area contributed by atoms with E-state index in [1.165, 1.54) is 5.56 Å². The Morgan fingerprint density at radius 1 is 1.12 bits per heavy atom. The van der Waals surface area contributed by atoms with E-state index in [1.54, 1.807) is 11.9 Å². The summed E-state index contributed by atoms with van der Waals surface area (Å²) in [6.07, 6.45) is 0.140. The predicted molar refractivity (Wildman–Crippen MR) is 98.5 cm³/mol. The lowest BCUT2D eigenvalue weighted by atomic mass is 10.1. The first-order valence-electron chi connectivity index (χ1n) is 8.14. The number of rotatable bonds is 6. The SMILES string of the molecule is CC[C@@H](Oc1ccc(C)c(C)c1)C(=O)N(C)Cc1ccc(Cl)cc1. The van der Waals surface area contributed by atoms with Crippen LogP contribution in [0.1, 0.15) is 30.0 Å². The predicted octanol–water partition coefficient (Wildman–Crippen LogP) is 4.77. The van der Waals surface area contributed by atoms with Gasteiger partial charge >= 0.3 is 0 Å². The first kappa shape index (κ1) is 18.3. The van der Waals surface area contributed by atoms with Crippen molar-refractivity contribution in [2.24, 2.45) is 0 Å². The number of carbonyl (C=O) groups is 1. The molecule has 2 aromatic carbocycles. The molecule has 2 aromatic rings. The average Bonchev–Trinajstić information content (AvgIpc) is 2.57. The molecule has 1 amide bonds. The van der Waals surface area contributed by atoms with Crippen LogP contribution in [0.15, 0.2) is 42.5 Å². The molecule has 0 heterocycles. The summed E-state index contributed by atoms with van der Waals surface area (Å²) in [5.74, 6) is 0.712. The van der Waals surface area contributed by atoms with Crippen LogP contribution in [0.4, 0.5) is 0 Å². The smallest absolute Gasteiger partial charge is 0.263 e. The number of likely N-dealkylation sites (N-methyl/N-ethyl adjacent to an activating group) is 1. The van der Waals surface area contributed by atoms with Crippen LogP contribution in [0.5, 0.6) is 5.75 Å². The highest BCUT2D eigenvalue weighted by molar-refractivity contribution is 6.30. The summed E-state index contributed by atoms with van der Waals surface area (Å²) in [5, 5.41) is 0.692. The third kappa shape index (κ3) is 4.75. The van der Waals surface area contributed by atoms with Gasteiger partial charge in [0.05, 0.1) is 0 Å². The molecule has 2 rings (SSSR count). The standard InChI is InChI=1S/C20H24ClNO2/c1-5-19(24-18-11-6-14(2)15(3)12-18)20(23)22(4)13-16-7-9-17(21)10-8-16/h6-12,19H,5,13H2,1-4H3/t19-/m1/s1. The summed E-state index contributed by atoms with van der Waals surface area (Å²) in [6, 6.07) is 13.4. The second-order valence-corrected chi connectivity index (χ2v) is 6.52. The molecule has 3 nitrogen and oxygen atoms in total. The number of aryl methyl sites for hydroxylation is 2. The number of nitrogens with zero attached hydrogens (tertiary/aromatic N) is 1. The van der Waals surface area contributed by atoms with Gasteiger partial charge in [0.25, 0.3) is 5.91 Å². The van der Waals surface area contributed by atoms with Crippen LogP contribution in [0, 0.1) is 13.8 Å². The normalized spacial score (nSPS) is 11.9. The van der Waals surface area contributed by atoms with E-state index >= 15 is 0 Å². The van der Waals surface area contributed by atoms with E-state index in [-0.39, 0.29) is 5.91 Å². The van der Waals surface area contributed by atoms with Crippen molar-refractivity contribution in [3.8, 4) is 5.75 Å². The van der Waals surface area contributed by atoms with Crippen LogP contribution in [0.25, 0.3) is 0 Å². The highest BCUT2D eigenvalue weighted by atomic mass is 35.5. The summed E-state index contributed by atoms with van der Waals surface area (Å²) in [6.45, 7) is 6.58. The summed E-state index contributed by atoms with van der Waals surface area (Å²) in [5.41, 5.74) is 3.40. The molecule has 0 aliphatic heterocycles. The first-order valence-corrected chi connectivity index (χ1v) is 8.51. The van der Waals surface area contributed by atoms with Crippen LogP contribution in [-0.4, -0.2) is 24.0 Å². The van der Waals surface area contributed by atoms with Gasteiger partial charge in [-0.2, -0.15) is 0 Å².